The molecule has 8 aromatic carbocycles. The Morgan fingerprint density at radius 2 is 0.820 bits per heavy atom. The summed E-state index contributed by atoms with van der Waals surface area (Å²) in [5, 5.41) is 4.44. The number of nitrogens with zero attached hydrogens (tertiary/aromatic N) is 3. The van der Waals surface area contributed by atoms with Gasteiger partial charge >= 0.3 is 0 Å². The van der Waals surface area contributed by atoms with Crippen molar-refractivity contribution < 1.29 is 6.85 Å². The van der Waals surface area contributed by atoms with Gasteiger partial charge in [-0.05, 0) is 79.2 Å². The lowest BCUT2D eigenvalue weighted by Crippen LogP contribution is -2.00. The number of aromatic nitrogens is 3. The van der Waals surface area contributed by atoms with Gasteiger partial charge in [0.1, 0.15) is 0 Å². The Hall–Kier alpha value is -6.71. The van der Waals surface area contributed by atoms with Gasteiger partial charge in [-0.3, -0.25) is 0 Å². The van der Waals surface area contributed by atoms with Crippen LogP contribution in [0.3, 0.4) is 0 Å². The first-order valence-electron chi connectivity index (χ1n) is 18.9. The van der Waals surface area contributed by atoms with Crippen molar-refractivity contribution in [2.75, 3.05) is 0 Å². The van der Waals surface area contributed by atoms with E-state index in [-0.39, 0.29) is 23.5 Å². The molecule has 234 valence electrons. The zero-order valence-electron chi connectivity index (χ0n) is 31.9. The molecule has 0 radical (unpaired) electrons. The van der Waals surface area contributed by atoms with Gasteiger partial charge in [0.2, 0.25) is 0 Å². The maximum absolute atomic E-state index is 8.79. The summed E-state index contributed by atoms with van der Waals surface area (Å²) in [6.07, 6.45) is 0. The topological polar surface area (TPSA) is 38.7 Å². The van der Waals surface area contributed by atoms with Crippen LogP contribution in [-0.4, -0.2) is 15.0 Å². The van der Waals surface area contributed by atoms with Gasteiger partial charge in [0.15, 0.2) is 17.5 Å². The highest BCUT2D eigenvalue weighted by atomic mass is 15.0. The van der Waals surface area contributed by atoms with E-state index < -0.39 is 18.1 Å². The number of benzene rings is 8. The van der Waals surface area contributed by atoms with E-state index in [1.807, 2.05) is 91.0 Å². The van der Waals surface area contributed by atoms with E-state index in [4.69, 9.17) is 21.8 Å². The van der Waals surface area contributed by atoms with Gasteiger partial charge in [0.25, 0.3) is 0 Å². The summed E-state index contributed by atoms with van der Waals surface area (Å²) in [6, 6.07) is 51.2. The van der Waals surface area contributed by atoms with Crippen molar-refractivity contribution in [3.8, 4) is 67.5 Å². The third kappa shape index (κ3) is 5.61. The summed E-state index contributed by atoms with van der Waals surface area (Å²) in [5.41, 5.74) is 7.52. The minimum Gasteiger partial charge on any atom is -0.208 e. The van der Waals surface area contributed by atoms with E-state index in [0.29, 0.717) is 22.8 Å². The molecule has 9 rings (SSSR count). The van der Waals surface area contributed by atoms with Crippen molar-refractivity contribution >= 4 is 21.5 Å². The second-order valence-electron chi connectivity index (χ2n) is 12.1. The van der Waals surface area contributed by atoms with E-state index in [1.165, 1.54) is 0 Å². The Morgan fingerprint density at radius 1 is 0.320 bits per heavy atom. The van der Waals surface area contributed by atoms with Gasteiger partial charge in [0.05, 0.1) is 6.85 Å². The molecule has 0 bridgehead atoms. The molecule has 0 saturated heterocycles. The van der Waals surface area contributed by atoms with Crippen LogP contribution in [0.5, 0.6) is 0 Å². The van der Waals surface area contributed by atoms with E-state index in [9.17, 15) is 0 Å². The Bertz CT molecular complexity index is 2910. The van der Waals surface area contributed by atoms with Crippen LogP contribution in [0, 0.1) is 0 Å². The van der Waals surface area contributed by atoms with E-state index in [2.05, 4.69) is 66.7 Å². The molecule has 9 aromatic rings. The van der Waals surface area contributed by atoms with Gasteiger partial charge in [-0.15, -0.1) is 0 Å². The van der Waals surface area contributed by atoms with Crippen molar-refractivity contribution in [1.82, 2.24) is 15.0 Å². The molecule has 0 spiro atoms. The summed E-state index contributed by atoms with van der Waals surface area (Å²) < 4.78 is 42.6. The molecular weight excluding hydrogens is 607 g/mol. The van der Waals surface area contributed by atoms with Crippen molar-refractivity contribution in [2.45, 2.75) is 0 Å². The highest BCUT2D eigenvalue weighted by molar-refractivity contribution is 6.01. The molecule has 0 saturated carbocycles. The van der Waals surface area contributed by atoms with Crippen LogP contribution in [0.1, 0.15) is 6.85 Å². The highest BCUT2D eigenvalue weighted by Crippen LogP contribution is 2.36. The Kier molecular flexibility index (Phi) is 6.22. The molecule has 3 heteroatoms. The van der Waals surface area contributed by atoms with Crippen molar-refractivity contribution in [3.05, 3.63) is 188 Å². The maximum Gasteiger partial charge on any atom is 0.164 e. The Labute approximate surface area is 298 Å². The fraction of sp³-hybridized carbons (Fsp3) is 0. The molecule has 0 aliphatic carbocycles. The molecule has 50 heavy (non-hydrogen) atoms. The minimum atomic E-state index is -0.478. The van der Waals surface area contributed by atoms with Crippen LogP contribution in [0.15, 0.2) is 188 Å². The van der Waals surface area contributed by atoms with Crippen LogP contribution in [0.2, 0.25) is 0 Å². The molecule has 3 nitrogen and oxygen atoms in total. The number of rotatable bonds is 6. The number of hydrogen-bond acceptors (Lipinski definition) is 3. The van der Waals surface area contributed by atoms with Crippen molar-refractivity contribution in [3.63, 3.8) is 0 Å². The van der Waals surface area contributed by atoms with Crippen molar-refractivity contribution in [2.24, 2.45) is 0 Å². The molecule has 0 N–H and O–H groups in total. The average Bonchev–Trinajstić information content (AvgIpc) is 3.24. The minimum absolute atomic E-state index is 0.00510. The zero-order valence-corrected chi connectivity index (χ0v) is 26.9. The second-order valence-corrected chi connectivity index (χ2v) is 12.1. The van der Waals surface area contributed by atoms with E-state index >= 15 is 0 Å². The second kappa shape index (κ2) is 12.7. The number of hydrogen-bond donors (Lipinski definition) is 0. The highest BCUT2D eigenvalue weighted by Gasteiger charge is 2.15. The summed E-state index contributed by atoms with van der Waals surface area (Å²) in [4.78, 5) is 14.6. The SMILES string of the molecule is [2H]c1c([2H])c([2H])c(-c2nc(-c3cccc(-c4cccc5ccccc45)c3)nc(-c3cccc(-c4cc(-c5ccccc5)cc5ccccc45)c3)n2)c([2H])c1[2H]. The first kappa shape index (κ1) is 24.4. The monoisotopic (exact) mass is 642 g/mol. The fourth-order valence-corrected chi connectivity index (χ4v) is 6.58. The Morgan fingerprint density at radius 3 is 1.52 bits per heavy atom. The van der Waals surface area contributed by atoms with E-state index in [1.54, 1.807) is 0 Å². The third-order valence-electron chi connectivity index (χ3n) is 8.98. The fourth-order valence-electron chi connectivity index (χ4n) is 6.58. The lowest BCUT2D eigenvalue weighted by Gasteiger charge is -2.13. The van der Waals surface area contributed by atoms with Gasteiger partial charge in [0, 0.05) is 16.7 Å². The lowest BCUT2D eigenvalue weighted by molar-refractivity contribution is 1.07. The first-order chi connectivity index (χ1) is 26.8. The van der Waals surface area contributed by atoms with Crippen LogP contribution < -0.4 is 0 Å². The molecule has 0 atom stereocenters. The van der Waals surface area contributed by atoms with Gasteiger partial charge in [-0.2, -0.15) is 0 Å². The normalized spacial score (nSPS) is 12.6. The molecule has 0 aliphatic rings. The Balaban J connectivity index is 1.24. The van der Waals surface area contributed by atoms with Crippen LogP contribution in [0.25, 0.3) is 89.1 Å². The van der Waals surface area contributed by atoms with Crippen molar-refractivity contribution in [1.29, 1.82) is 0 Å². The average molecular weight is 643 g/mol. The molecule has 1 heterocycles. The predicted octanol–water partition coefficient (Wildman–Crippen LogP) is 12.2. The maximum atomic E-state index is 8.79. The smallest absolute Gasteiger partial charge is 0.164 e. The van der Waals surface area contributed by atoms with Gasteiger partial charge < -0.3 is 0 Å². The molecular formula is C47H31N3. The predicted molar refractivity (Wildman–Crippen MR) is 207 cm³/mol. The third-order valence-corrected chi connectivity index (χ3v) is 8.98. The summed E-state index contributed by atoms with van der Waals surface area (Å²) >= 11 is 0. The molecule has 0 amide bonds. The summed E-state index contributed by atoms with van der Waals surface area (Å²) in [7, 11) is 0. The van der Waals surface area contributed by atoms with Gasteiger partial charge in [-0.25, -0.2) is 15.0 Å². The largest absolute Gasteiger partial charge is 0.208 e. The molecule has 0 fully saturated rings. The standard InChI is InChI=1S/C47H31N3/c1-3-14-32(15-4-1)40-30-35-19-8-10-26-43(35)44(31-40)37-22-12-24-39(29-37)47-49-45(34-17-5-2-6-18-34)48-46(50-47)38-23-11-21-36(28-38)42-27-13-20-33-16-7-9-25-41(33)42/h1-31H/i2D,5D,6D,17D,18D. The van der Waals surface area contributed by atoms with Gasteiger partial charge in [-0.1, -0.05) is 164 Å². The molecule has 1 aromatic heterocycles. The quantitative estimate of drug-likeness (QED) is 0.181. The van der Waals surface area contributed by atoms with E-state index in [0.717, 1.165) is 54.9 Å². The van der Waals surface area contributed by atoms with Crippen LogP contribution in [0.4, 0.5) is 0 Å². The zero-order chi connectivity index (χ0) is 37.6. The van der Waals surface area contributed by atoms with Crippen LogP contribution >= 0.6 is 0 Å². The summed E-state index contributed by atoms with van der Waals surface area (Å²) in [6.45, 7) is 0. The summed E-state index contributed by atoms with van der Waals surface area (Å²) in [5.74, 6) is 0.623. The molecule has 0 aliphatic heterocycles. The molecule has 0 unspecified atom stereocenters. The number of fused-ring (bicyclic) bond motifs is 2. The lowest BCUT2D eigenvalue weighted by atomic mass is 9.92. The van der Waals surface area contributed by atoms with Crippen LogP contribution in [-0.2, 0) is 0 Å². The first-order valence-corrected chi connectivity index (χ1v) is 16.4.